The minimum atomic E-state index is -0.362. The summed E-state index contributed by atoms with van der Waals surface area (Å²) in [5, 5.41) is 6.45. The number of anilines is 1. The topological polar surface area (TPSA) is 84.8 Å². The Balaban J connectivity index is 1.62. The molecule has 4 aromatic rings. The van der Waals surface area contributed by atoms with E-state index in [0.717, 1.165) is 33.6 Å². The average Bonchev–Trinajstić information content (AvgIpc) is 3.39. The zero-order valence-corrected chi connectivity index (χ0v) is 16.0. The van der Waals surface area contributed by atoms with E-state index in [1.807, 2.05) is 37.4 Å². The van der Waals surface area contributed by atoms with Crippen molar-refractivity contribution in [1.29, 1.82) is 0 Å². The Bertz CT molecular complexity index is 1100. The van der Waals surface area contributed by atoms with E-state index in [9.17, 15) is 4.79 Å². The fourth-order valence-electron chi connectivity index (χ4n) is 3.05. The number of imidazole rings is 1. The number of benzene rings is 1. The van der Waals surface area contributed by atoms with Crippen LogP contribution in [0.2, 0.25) is 0 Å². The highest BCUT2D eigenvalue weighted by atomic mass is 32.1. The zero-order valence-electron chi connectivity index (χ0n) is 15.2. The molecule has 0 spiro atoms. The van der Waals surface area contributed by atoms with Crippen LogP contribution < -0.4 is 10.1 Å². The highest BCUT2D eigenvalue weighted by molar-refractivity contribution is 7.14. The number of aromatic amines is 1. The second kappa shape index (κ2) is 6.88. The van der Waals surface area contributed by atoms with Gasteiger partial charge in [-0.05, 0) is 32.0 Å². The first-order chi connectivity index (χ1) is 13.1. The Hall–Kier alpha value is -3.13. The van der Waals surface area contributed by atoms with Crippen LogP contribution in [0.1, 0.15) is 18.7 Å². The summed E-state index contributed by atoms with van der Waals surface area (Å²) in [6, 6.07) is 5.55. The predicted molar refractivity (Wildman–Crippen MR) is 106 cm³/mol. The smallest absolute Gasteiger partial charge is 0.248 e. The van der Waals surface area contributed by atoms with Crippen molar-refractivity contribution in [2.24, 2.45) is 0 Å². The predicted octanol–water partition coefficient (Wildman–Crippen LogP) is 4.00. The molecule has 0 saturated carbocycles. The van der Waals surface area contributed by atoms with Gasteiger partial charge in [-0.1, -0.05) is 0 Å². The van der Waals surface area contributed by atoms with Gasteiger partial charge in [-0.2, -0.15) is 0 Å². The normalized spacial score (nSPS) is 12.3. The van der Waals surface area contributed by atoms with Gasteiger partial charge < -0.3 is 19.6 Å². The Labute approximate surface area is 160 Å². The second-order valence-corrected chi connectivity index (χ2v) is 7.11. The molecule has 0 aliphatic carbocycles. The zero-order chi connectivity index (χ0) is 19.0. The molecule has 0 aliphatic rings. The summed E-state index contributed by atoms with van der Waals surface area (Å²) in [5.74, 6) is 0.659. The number of aryl methyl sites for hydroxylation is 1. The molecule has 0 radical (unpaired) electrons. The number of hydrogen-bond donors (Lipinski definition) is 2. The monoisotopic (exact) mass is 381 g/mol. The molecule has 0 unspecified atom stereocenters. The standard InChI is InChI=1S/C19H19N5O2S/c1-11-17(14-8-13(26-3)4-5-15(14)21-11)16-9-27-19(22-16)23-18(25)12(2)24-7-6-20-10-24/h4-10,12,21H,1-3H3,(H,22,23,25)/t12-/m0/s1. The lowest BCUT2D eigenvalue weighted by Gasteiger charge is -2.11. The summed E-state index contributed by atoms with van der Waals surface area (Å²) in [7, 11) is 1.65. The van der Waals surface area contributed by atoms with Crippen molar-refractivity contribution in [3.05, 3.63) is 48.0 Å². The molecule has 0 aliphatic heterocycles. The van der Waals surface area contributed by atoms with Gasteiger partial charge in [-0.3, -0.25) is 4.79 Å². The van der Waals surface area contributed by atoms with Crippen molar-refractivity contribution in [3.63, 3.8) is 0 Å². The number of rotatable bonds is 5. The molecule has 27 heavy (non-hydrogen) atoms. The SMILES string of the molecule is COc1ccc2[nH]c(C)c(-c3csc(NC(=O)[C@H](C)n4ccnc4)n3)c2c1. The molecule has 138 valence electrons. The quantitative estimate of drug-likeness (QED) is 0.547. The molecule has 0 saturated heterocycles. The number of nitrogens with zero attached hydrogens (tertiary/aromatic N) is 3. The number of nitrogens with one attached hydrogen (secondary N) is 2. The van der Waals surface area contributed by atoms with E-state index < -0.39 is 0 Å². The number of thiazole rings is 1. The van der Waals surface area contributed by atoms with E-state index in [0.29, 0.717) is 5.13 Å². The van der Waals surface area contributed by atoms with Gasteiger partial charge in [0.2, 0.25) is 5.91 Å². The minimum Gasteiger partial charge on any atom is -0.497 e. The van der Waals surface area contributed by atoms with Crippen LogP contribution in [0.15, 0.2) is 42.3 Å². The Morgan fingerprint density at radius 1 is 1.41 bits per heavy atom. The number of amides is 1. The van der Waals surface area contributed by atoms with Crippen molar-refractivity contribution >= 4 is 33.3 Å². The highest BCUT2D eigenvalue weighted by Crippen LogP contribution is 2.35. The number of H-pyrrole nitrogens is 1. The van der Waals surface area contributed by atoms with E-state index >= 15 is 0 Å². The molecular weight excluding hydrogens is 362 g/mol. The Morgan fingerprint density at radius 2 is 2.26 bits per heavy atom. The van der Waals surface area contributed by atoms with Gasteiger partial charge >= 0.3 is 0 Å². The second-order valence-electron chi connectivity index (χ2n) is 6.25. The fourth-order valence-corrected chi connectivity index (χ4v) is 3.76. The van der Waals surface area contributed by atoms with Crippen molar-refractivity contribution in [2.75, 3.05) is 12.4 Å². The summed E-state index contributed by atoms with van der Waals surface area (Å²) in [6.07, 6.45) is 5.04. The van der Waals surface area contributed by atoms with E-state index in [2.05, 4.69) is 20.3 Å². The molecular formula is C19H19N5O2S. The van der Waals surface area contributed by atoms with Crippen LogP contribution in [0.4, 0.5) is 5.13 Å². The van der Waals surface area contributed by atoms with Crippen molar-refractivity contribution in [2.45, 2.75) is 19.9 Å². The number of ether oxygens (including phenoxy) is 1. The largest absolute Gasteiger partial charge is 0.497 e. The third kappa shape index (κ3) is 3.19. The van der Waals surface area contributed by atoms with Crippen molar-refractivity contribution in [3.8, 4) is 17.0 Å². The summed E-state index contributed by atoms with van der Waals surface area (Å²) in [4.78, 5) is 24.4. The van der Waals surface area contributed by atoms with Crippen LogP contribution in [0, 0.1) is 6.92 Å². The summed E-state index contributed by atoms with van der Waals surface area (Å²) in [6.45, 7) is 3.84. The van der Waals surface area contributed by atoms with Crippen molar-refractivity contribution < 1.29 is 9.53 Å². The maximum atomic E-state index is 12.5. The van der Waals surface area contributed by atoms with Gasteiger partial charge in [0.25, 0.3) is 0 Å². The molecule has 3 heterocycles. The first-order valence-electron chi connectivity index (χ1n) is 8.47. The van der Waals surface area contributed by atoms with Crippen LogP contribution in [0.25, 0.3) is 22.2 Å². The van der Waals surface area contributed by atoms with Crippen LogP contribution in [-0.4, -0.2) is 32.5 Å². The third-order valence-corrected chi connectivity index (χ3v) is 5.29. The maximum absolute atomic E-state index is 12.5. The number of aromatic nitrogens is 4. The molecule has 7 nitrogen and oxygen atoms in total. The Morgan fingerprint density at radius 3 is 3.00 bits per heavy atom. The lowest BCUT2D eigenvalue weighted by Crippen LogP contribution is -2.22. The molecule has 0 fully saturated rings. The summed E-state index contributed by atoms with van der Waals surface area (Å²) < 4.78 is 7.10. The van der Waals surface area contributed by atoms with Crippen LogP contribution in [-0.2, 0) is 4.79 Å². The molecule has 1 atom stereocenters. The molecule has 4 rings (SSSR count). The number of carbonyl (C=O) groups is 1. The van der Waals surface area contributed by atoms with E-state index in [1.54, 1.807) is 30.4 Å². The number of carbonyl (C=O) groups excluding carboxylic acids is 1. The van der Waals surface area contributed by atoms with Crippen LogP contribution in [0.5, 0.6) is 5.75 Å². The van der Waals surface area contributed by atoms with Gasteiger partial charge in [0.05, 0.1) is 19.1 Å². The maximum Gasteiger partial charge on any atom is 0.248 e. The number of hydrogen-bond acceptors (Lipinski definition) is 5. The van der Waals surface area contributed by atoms with Gasteiger partial charge in [0.1, 0.15) is 11.8 Å². The molecule has 2 N–H and O–H groups in total. The number of fused-ring (bicyclic) bond motifs is 1. The average molecular weight is 381 g/mol. The fraction of sp³-hybridized carbons (Fsp3) is 0.211. The lowest BCUT2D eigenvalue weighted by atomic mass is 10.1. The molecule has 8 heteroatoms. The van der Waals surface area contributed by atoms with E-state index in [-0.39, 0.29) is 11.9 Å². The van der Waals surface area contributed by atoms with Gasteiger partial charge in [-0.15, -0.1) is 11.3 Å². The highest BCUT2D eigenvalue weighted by Gasteiger charge is 2.18. The summed E-state index contributed by atoms with van der Waals surface area (Å²) >= 11 is 1.40. The van der Waals surface area contributed by atoms with Gasteiger partial charge in [-0.25, -0.2) is 9.97 Å². The minimum absolute atomic E-state index is 0.133. The Kier molecular flexibility index (Phi) is 4.41. The van der Waals surface area contributed by atoms with E-state index in [4.69, 9.17) is 4.74 Å². The molecule has 1 aromatic carbocycles. The van der Waals surface area contributed by atoms with Crippen molar-refractivity contribution in [1.82, 2.24) is 19.5 Å². The molecule has 0 bridgehead atoms. The summed E-state index contributed by atoms with van der Waals surface area (Å²) in [5.41, 5.74) is 3.88. The third-order valence-electron chi connectivity index (χ3n) is 4.54. The molecule has 1 amide bonds. The first-order valence-corrected chi connectivity index (χ1v) is 9.35. The number of methoxy groups -OCH3 is 1. The van der Waals surface area contributed by atoms with Gasteiger partial charge in [0.15, 0.2) is 5.13 Å². The van der Waals surface area contributed by atoms with E-state index in [1.165, 1.54) is 11.3 Å². The first kappa shape index (κ1) is 17.3. The van der Waals surface area contributed by atoms with Crippen LogP contribution >= 0.6 is 11.3 Å². The molecule has 3 aromatic heterocycles. The van der Waals surface area contributed by atoms with Gasteiger partial charge in [0, 0.05) is 39.9 Å². The van der Waals surface area contributed by atoms with Crippen LogP contribution in [0.3, 0.4) is 0 Å². The lowest BCUT2D eigenvalue weighted by molar-refractivity contribution is -0.118.